The van der Waals surface area contributed by atoms with Gasteiger partial charge in [-0.2, -0.15) is 13.2 Å². The highest BCUT2D eigenvalue weighted by molar-refractivity contribution is 5.33. The van der Waals surface area contributed by atoms with Crippen LogP contribution in [-0.4, -0.2) is 16.8 Å². The third kappa shape index (κ3) is 1.49. The van der Waals surface area contributed by atoms with Crippen molar-refractivity contribution in [2.75, 3.05) is 0 Å². The summed E-state index contributed by atoms with van der Waals surface area (Å²) in [6.07, 6.45) is -2.96. The van der Waals surface area contributed by atoms with Crippen LogP contribution in [0.5, 0.6) is 0 Å². The van der Waals surface area contributed by atoms with Gasteiger partial charge in [0.2, 0.25) is 0 Å². The Labute approximate surface area is 75.9 Å². The van der Waals surface area contributed by atoms with Crippen molar-refractivity contribution in [3.63, 3.8) is 0 Å². The Morgan fingerprint density at radius 1 is 1.43 bits per heavy atom. The van der Waals surface area contributed by atoms with Gasteiger partial charge in [-0.3, -0.25) is 10.1 Å². The van der Waals surface area contributed by atoms with Crippen molar-refractivity contribution in [2.45, 2.75) is 11.8 Å². The standard InChI is InChI=1S/C7H4F4NO2/c8-6(7(9,10)11)4-2-1-3-5(6)12(13)14/h1-4H. The molecule has 77 valence electrons. The third-order valence-corrected chi connectivity index (χ3v) is 1.67. The number of hydrogen-bond acceptors (Lipinski definition) is 2. The number of nitro groups is 1. The molecule has 1 atom stereocenters. The van der Waals surface area contributed by atoms with Gasteiger partial charge in [-0.15, -0.1) is 0 Å². The van der Waals surface area contributed by atoms with Crippen LogP contribution < -0.4 is 0 Å². The van der Waals surface area contributed by atoms with Gasteiger partial charge >= 0.3 is 11.8 Å². The van der Waals surface area contributed by atoms with E-state index in [9.17, 15) is 27.7 Å². The minimum absolute atomic E-state index is 0.116. The van der Waals surface area contributed by atoms with E-state index in [1.165, 1.54) is 0 Å². The van der Waals surface area contributed by atoms with Crippen molar-refractivity contribution < 1.29 is 22.5 Å². The lowest BCUT2D eigenvalue weighted by molar-refractivity contribution is -0.450. The van der Waals surface area contributed by atoms with Gasteiger partial charge in [-0.05, 0) is 6.08 Å². The van der Waals surface area contributed by atoms with E-state index in [-0.39, 0.29) is 6.08 Å². The van der Waals surface area contributed by atoms with Crippen molar-refractivity contribution in [1.29, 1.82) is 0 Å². The lowest BCUT2D eigenvalue weighted by atomic mass is 9.95. The Bertz CT molecular complexity index is 320. The summed E-state index contributed by atoms with van der Waals surface area (Å²) in [4.78, 5) is 8.78. The molecule has 0 heterocycles. The van der Waals surface area contributed by atoms with Gasteiger partial charge in [0, 0.05) is 12.5 Å². The first kappa shape index (κ1) is 10.7. The molecule has 0 aromatic heterocycles. The van der Waals surface area contributed by atoms with Gasteiger partial charge < -0.3 is 0 Å². The maximum Gasteiger partial charge on any atom is 0.436 e. The lowest BCUT2D eigenvalue weighted by Gasteiger charge is -2.23. The molecule has 0 fully saturated rings. The molecule has 1 aliphatic rings. The van der Waals surface area contributed by atoms with Gasteiger partial charge in [0.25, 0.3) is 5.70 Å². The molecule has 7 heteroatoms. The van der Waals surface area contributed by atoms with E-state index in [0.29, 0.717) is 6.08 Å². The fraction of sp³-hybridized carbons (Fsp3) is 0.286. The van der Waals surface area contributed by atoms with E-state index in [1.54, 1.807) is 0 Å². The predicted molar refractivity (Wildman–Crippen MR) is 38.4 cm³/mol. The van der Waals surface area contributed by atoms with Crippen LogP contribution in [-0.2, 0) is 0 Å². The van der Waals surface area contributed by atoms with Crippen LogP contribution in [0.1, 0.15) is 0 Å². The summed E-state index contributed by atoms with van der Waals surface area (Å²) in [5.41, 5.74) is -5.52. The maximum atomic E-state index is 13.3. The minimum atomic E-state index is -5.32. The van der Waals surface area contributed by atoms with E-state index in [4.69, 9.17) is 0 Å². The second-order valence-electron chi connectivity index (χ2n) is 2.57. The molecule has 0 saturated carbocycles. The number of halogens is 4. The van der Waals surface area contributed by atoms with Gasteiger partial charge in [0.1, 0.15) is 0 Å². The van der Waals surface area contributed by atoms with E-state index in [2.05, 4.69) is 0 Å². The molecule has 0 N–H and O–H groups in total. The molecule has 0 amide bonds. The van der Waals surface area contributed by atoms with Gasteiger partial charge in [0.15, 0.2) is 0 Å². The Balaban J connectivity index is 3.18. The quantitative estimate of drug-likeness (QED) is 0.378. The van der Waals surface area contributed by atoms with Crippen LogP contribution in [0.25, 0.3) is 0 Å². The predicted octanol–water partition coefficient (Wildman–Crippen LogP) is 2.19. The van der Waals surface area contributed by atoms with Crippen LogP contribution in [0.15, 0.2) is 23.9 Å². The number of nitrogens with zero attached hydrogens (tertiary/aromatic N) is 1. The Hall–Kier alpha value is -1.40. The molecule has 0 aromatic carbocycles. The fourth-order valence-corrected chi connectivity index (χ4v) is 0.975. The SMILES string of the molecule is O=[N+]([O-])C1=C[CH]C=CC1(F)C(F)(F)F. The molecular weight excluding hydrogens is 206 g/mol. The number of allylic oxidation sites excluding steroid dienone is 3. The van der Waals surface area contributed by atoms with E-state index in [0.717, 1.165) is 12.5 Å². The smallest absolute Gasteiger partial charge is 0.259 e. The van der Waals surface area contributed by atoms with Crippen LogP contribution >= 0.6 is 0 Å². The van der Waals surface area contributed by atoms with Crippen molar-refractivity contribution in [2.24, 2.45) is 0 Å². The van der Waals surface area contributed by atoms with Crippen LogP contribution in [0.4, 0.5) is 17.6 Å². The average Bonchev–Trinajstić information content (AvgIpc) is 2.02. The number of alkyl halides is 4. The largest absolute Gasteiger partial charge is 0.436 e. The van der Waals surface area contributed by atoms with Crippen LogP contribution in [0.2, 0.25) is 0 Å². The molecule has 1 aliphatic carbocycles. The summed E-state index contributed by atoms with van der Waals surface area (Å²) < 4.78 is 49.7. The van der Waals surface area contributed by atoms with E-state index >= 15 is 0 Å². The van der Waals surface area contributed by atoms with E-state index in [1.807, 2.05) is 0 Å². The molecule has 1 rings (SSSR count). The zero-order valence-corrected chi connectivity index (χ0v) is 6.58. The monoisotopic (exact) mass is 210 g/mol. The van der Waals surface area contributed by atoms with Crippen molar-refractivity contribution in [3.8, 4) is 0 Å². The Kier molecular flexibility index (Phi) is 2.34. The molecule has 0 aliphatic heterocycles. The second kappa shape index (κ2) is 3.07. The topological polar surface area (TPSA) is 43.1 Å². The maximum absolute atomic E-state index is 13.3. The summed E-state index contributed by atoms with van der Waals surface area (Å²) in [6, 6.07) is 0. The Morgan fingerprint density at radius 2 is 2.00 bits per heavy atom. The third-order valence-electron chi connectivity index (χ3n) is 1.67. The molecule has 1 unspecified atom stereocenters. The normalized spacial score (nSPS) is 27.3. The minimum Gasteiger partial charge on any atom is -0.259 e. The molecule has 14 heavy (non-hydrogen) atoms. The number of rotatable bonds is 1. The first-order chi connectivity index (χ1) is 6.29. The Morgan fingerprint density at radius 3 is 2.36 bits per heavy atom. The molecule has 0 saturated heterocycles. The molecule has 0 spiro atoms. The van der Waals surface area contributed by atoms with Crippen molar-refractivity contribution >= 4 is 0 Å². The molecule has 1 radical (unpaired) electrons. The van der Waals surface area contributed by atoms with Crippen molar-refractivity contribution in [1.82, 2.24) is 0 Å². The molecular formula is C7H4F4NO2. The van der Waals surface area contributed by atoms with Crippen LogP contribution in [0.3, 0.4) is 0 Å². The average molecular weight is 210 g/mol. The summed E-state index contributed by atoms with van der Waals surface area (Å²) in [6.45, 7) is 0. The molecule has 3 nitrogen and oxygen atoms in total. The summed E-state index contributed by atoms with van der Waals surface area (Å²) in [5.74, 6) is 0. The van der Waals surface area contributed by atoms with Gasteiger partial charge in [-0.25, -0.2) is 4.39 Å². The van der Waals surface area contributed by atoms with Gasteiger partial charge in [-0.1, -0.05) is 6.08 Å². The summed E-state index contributed by atoms with van der Waals surface area (Å²) in [5, 5.41) is 10.2. The van der Waals surface area contributed by atoms with Crippen LogP contribution in [0, 0.1) is 16.5 Å². The highest BCUT2D eigenvalue weighted by Gasteiger charge is 2.63. The van der Waals surface area contributed by atoms with Gasteiger partial charge in [0.05, 0.1) is 4.92 Å². The first-order valence-corrected chi connectivity index (χ1v) is 3.42. The first-order valence-electron chi connectivity index (χ1n) is 3.42. The zero-order valence-electron chi connectivity index (χ0n) is 6.58. The fourth-order valence-electron chi connectivity index (χ4n) is 0.975. The number of hydrogen-bond donors (Lipinski definition) is 0. The lowest BCUT2D eigenvalue weighted by Crippen LogP contribution is -2.44. The van der Waals surface area contributed by atoms with Crippen molar-refractivity contribution in [3.05, 3.63) is 40.5 Å². The summed E-state index contributed by atoms with van der Waals surface area (Å²) >= 11 is 0. The summed E-state index contributed by atoms with van der Waals surface area (Å²) in [7, 11) is 0. The highest BCUT2D eigenvalue weighted by Crippen LogP contribution is 2.42. The molecule has 0 bridgehead atoms. The second-order valence-corrected chi connectivity index (χ2v) is 2.57. The highest BCUT2D eigenvalue weighted by atomic mass is 19.4. The van der Waals surface area contributed by atoms with E-state index < -0.39 is 22.5 Å². The molecule has 0 aromatic rings. The zero-order chi connectivity index (χ0) is 11.0.